The summed E-state index contributed by atoms with van der Waals surface area (Å²) >= 11 is 7.63. The van der Waals surface area contributed by atoms with E-state index in [1.165, 1.54) is 33.7 Å². The van der Waals surface area contributed by atoms with E-state index in [0.717, 1.165) is 0 Å². The van der Waals surface area contributed by atoms with Crippen molar-refractivity contribution >= 4 is 55.8 Å². The van der Waals surface area contributed by atoms with E-state index < -0.39 is 48.7 Å². The summed E-state index contributed by atoms with van der Waals surface area (Å²) in [4.78, 5) is 42.5. The molecule has 10 nitrogen and oxygen atoms in total. The van der Waals surface area contributed by atoms with Gasteiger partial charge < -0.3 is 10.0 Å². The molecule has 5 heterocycles. The molecule has 1 aromatic carbocycles. The Morgan fingerprint density at radius 1 is 1.19 bits per heavy atom. The molecule has 16 heteroatoms. The molecular weight excluding hydrogens is 746 g/mol. The first kappa shape index (κ1) is 37.2. The van der Waals surface area contributed by atoms with E-state index in [-0.39, 0.29) is 40.4 Å². The molecule has 0 amide bonds. The normalized spacial score (nSPS) is 16.5. The summed E-state index contributed by atoms with van der Waals surface area (Å²) in [6, 6.07) is 8.88. The van der Waals surface area contributed by atoms with Crippen molar-refractivity contribution in [1.82, 2.24) is 24.4 Å². The number of thiophene rings is 1. The number of carbonyl (C=O) groups is 1. The van der Waals surface area contributed by atoms with Gasteiger partial charge in [0.15, 0.2) is 0 Å². The first-order valence-electron chi connectivity index (χ1n) is 17.1. The van der Waals surface area contributed by atoms with Gasteiger partial charge in [0.05, 0.1) is 46.0 Å². The molecule has 1 aliphatic carbocycles. The third kappa shape index (κ3) is 6.99. The van der Waals surface area contributed by atoms with Crippen LogP contribution in [0, 0.1) is 36.0 Å². The Bertz CT molecular complexity index is 2470. The zero-order valence-electron chi connectivity index (χ0n) is 29.0. The Labute approximate surface area is 315 Å². The highest BCUT2D eigenvalue weighted by Gasteiger charge is 2.56. The van der Waals surface area contributed by atoms with Gasteiger partial charge in [-0.25, -0.2) is 32.3 Å². The van der Waals surface area contributed by atoms with Crippen molar-refractivity contribution in [2.45, 2.75) is 57.0 Å². The molecule has 54 heavy (non-hydrogen) atoms. The van der Waals surface area contributed by atoms with E-state index in [4.69, 9.17) is 11.6 Å². The lowest BCUT2D eigenvalue weighted by atomic mass is 9.76. The summed E-state index contributed by atoms with van der Waals surface area (Å²) in [5.74, 6) is -1.83. The molecule has 7 rings (SSSR count). The second-order valence-corrected chi connectivity index (χ2v) is 15.0. The zero-order valence-corrected chi connectivity index (χ0v) is 30.6. The average Bonchev–Trinajstić information content (AvgIpc) is 3.57. The van der Waals surface area contributed by atoms with E-state index in [9.17, 15) is 37.5 Å². The molecule has 5 aromatic rings. The Hall–Kier alpha value is -5.09. The number of halogens is 5. The maximum atomic E-state index is 14.7. The van der Waals surface area contributed by atoms with Crippen LogP contribution in [0.5, 0.6) is 0 Å². The smallest absolute Gasteiger partial charge is 0.338 e. The highest BCUT2D eigenvalue weighted by Crippen LogP contribution is 2.50. The average molecular weight is 778 g/mol. The quantitative estimate of drug-likeness (QED) is 0.128. The Morgan fingerprint density at radius 2 is 1.93 bits per heavy atom. The van der Waals surface area contributed by atoms with E-state index in [1.54, 1.807) is 48.0 Å². The molecule has 0 unspecified atom stereocenters. The summed E-state index contributed by atoms with van der Waals surface area (Å²) in [5, 5.41) is 22.0. The molecule has 0 radical (unpaired) electrons. The number of pyridine rings is 2. The van der Waals surface area contributed by atoms with Crippen molar-refractivity contribution < 1.29 is 27.5 Å². The monoisotopic (exact) mass is 777 g/mol. The van der Waals surface area contributed by atoms with Gasteiger partial charge in [0, 0.05) is 78.2 Å². The van der Waals surface area contributed by atoms with Gasteiger partial charge in [-0.05, 0) is 44.0 Å². The standard InChI is InChI=1S/C38H32ClF4N7O3S/c1-21-47-30-18-46-34(48(2)25-8-12-49(13-9-25)20-38(42,43)23-15-37(40,41)16-23)28(17-44)31(30)35(51)50(21)11-3-4-22-5-6-24(39)14-27(22)26-7-10-45-32-29(36(52)53)19-54-33(26)32/h5-7,10,14,18-19,23,25H,8-9,11-13,15-16,20H2,1-2H3,(H,52,53). The van der Waals surface area contributed by atoms with Gasteiger partial charge in [-0.1, -0.05) is 23.4 Å². The molecular formula is C38H32ClF4N7O3S. The van der Waals surface area contributed by atoms with Crippen molar-refractivity contribution in [3.63, 3.8) is 0 Å². The predicted molar refractivity (Wildman–Crippen MR) is 198 cm³/mol. The number of anilines is 1. The molecule has 0 bridgehead atoms. The molecule has 1 N–H and O–H groups in total. The van der Waals surface area contributed by atoms with Gasteiger partial charge in [-0.15, -0.1) is 11.3 Å². The van der Waals surface area contributed by atoms with Gasteiger partial charge in [0.2, 0.25) is 5.92 Å². The van der Waals surface area contributed by atoms with Crippen LogP contribution < -0.4 is 10.5 Å². The van der Waals surface area contributed by atoms with Crippen molar-refractivity contribution in [2.24, 2.45) is 5.92 Å². The highest BCUT2D eigenvalue weighted by atomic mass is 35.5. The van der Waals surface area contributed by atoms with Crippen LogP contribution in [0.1, 0.15) is 53.0 Å². The van der Waals surface area contributed by atoms with Crippen LogP contribution in [0.25, 0.3) is 32.2 Å². The maximum Gasteiger partial charge on any atom is 0.338 e. The maximum absolute atomic E-state index is 14.7. The van der Waals surface area contributed by atoms with E-state index in [2.05, 4.69) is 32.9 Å². The predicted octanol–water partition coefficient (Wildman–Crippen LogP) is 7.23. The summed E-state index contributed by atoms with van der Waals surface area (Å²) in [6.45, 7) is 1.63. The summed E-state index contributed by atoms with van der Waals surface area (Å²) in [6.07, 6.45) is 2.31. The molecule has 278 valence electrons. The number of hydrogen-bond donors (Lipinski definition) is 1. The third-order valence-corrected chi connectivity index (χ3v) is 11.5. The fourth-order valence-corrected chi connectivity index (χ4v) is 8.45. The topological polar surface area (TPSA) is 128 Å². The van der Waals surface area contributed by atoms with Crippen LogP contribution in [0.3, 0.4) is 0 Å². The van der Waals surface area contributed by atoms with Gasteiger partial charge in [0.1, 0.15) is 23.3 Å². The SMILES string of the molecule is Cc1nc2cnc(N(C)C3CCN(CC(F)(F)C4CC(F)(F)C4)CC3)c(C#N)c2c(=O)n1CC#Cc1ccc(Cl)cc1-c1ccnc2c(C(=O)O)csc12. The van der Waals surface area contributed by atoms with Gasteiger partial charge in [-0.2, -0.15) is 5.26 Å². The summed E-state index contributed by atoms with van der Waals surface area (Å²) < 4.78 is 57.9. The number of nitrogens with zero attached hydrogens (tertiary/aromatic N) is 7. The van der Waals surface area contributed by atoms with Gasteiger partial charge in [0.25, 0.3) is 11.5 Å². The molecule has 1 saturated heterocycles. The lowest BCUT2D eigenvalue weighted by Crippen LogP contribution is -2.53. The lowest BCUT2D eigenvalue weighted by molar-refractivity contribution is -0.200. The minimum atomic E-state index is -3.20. The van der Waals surface area contributed by atoms with E-state index in [0.29, 0.717) is 63.7 Å². The van der Waals surface area contributed by atoms with Gasteiger partial charge >= 0.3 is 5.97 Å². The molecule has 0 atom stereocenters. The Kier molecular flexibility index (Phi) is 9.85. The minimum absolute atomic E-state index is 0.0347. The van der Waals surface area contributed by atoms with E-state index in [1.807, 2.05) is 0 Å². The van der Waals surface area contributed by atoms with Crippen LogP contribution >= 0.6 is 22.9 Å². The minimum Gasteiger partial charge on any atom is -0.478 e. The van der Waals surface area contributed by atoms with Crippen LogP contribution in [0.2, 0.25) is 5.02 Å². The number of carboxylic acids is 1. The largest absolute Gasteiger partial charge is 0.478 e. The number of aryl methyl sites for hydroxylation is 1. The number of piperidine rings is 1. The molecule has 1 saturated carbocycles. The van der Waals surface area contributed by atoms with Crippen molar-refractivity contribution in [3.8, 4) is 29.0 Å². The number of fused-ring (bicyclic) bond motifs is 2. The molecule has 4 aromatic heterocycles. The van der Waals surface area contributed by atoms with Crippen molar-refractivity contribution in [3.05, 3.63) is 79.9 Å². The fourth-order valence-electron chi connectivity index (χ4n) is 7.25. The third-order valence-electron chi connectivity index (χ3n) is 10.3. The number of benzene rings is 1. The van der Waals surface area contributed by atoms with Gasteiger partial charge in [-0.3, -0.25) is 19.2 Å². The summed E-state index contributed by atoms with van der Waals surface area (Å²) in [5.41, 5.74) is 2.20. The second-order valence-electron chi connectivity index (χ2n) is 13.7. The van der Waals surface area contributed by atoms with Crippen molar-refractivity contribution in [1.29, 1.82) is 5.26 Å². The summed E-state index contributed by atoms with van der Waals surface area (Å²) in [7, 11) is 1.74. The number of nitriles is 1. The number of aromatic carboxylic acids is 1. The first-order chi connectivity index (χ1) is 25.7. The highest BCUT2D eigenvalue weighted by molar-refractivity contribution is 7.18. The molecule has 0 spiro atoms. The number of aromatic nitrogens is 4. The van der Waals surface area contributed by atoms with Crippen LogP contribution in [-0.2, 0) is 6.54 Å². The number of likely N-dealkylation sites (tertiary alicyclic amines) is 1. The molecule has 2 aliphatic rings. The Morgan fingerprint density at radius 3 is 2.61 bits per heavy atom. The van der Waals surface area contributed by atoms with Crippen LogP contribution in [0.4, 0.5) is 23.4 Å². The number of hydrogen-bond acceptors (Lipinski definition) is 9. The second kappa shape index (κ2) is 14.3. The first-order valence-corrected chi connectivity index (χ1v) is 18.3. The molecule has 1 aliphatic heterocycles. The number of carboxylic acid groups (broad SMARTS) is 1. The molecule has 2 fully saturated rings. The van der Waals surface area contributed by atoms with E-state index >= 15 is 0 Å². The van der Waals surface area contributed by atoms with Crippen LogP contribution in [0.15, 0.2) is 46.8 Å². The number of rotatable bonds is 8. The lowest BCUT2D eigenvalue weighted by Gasteiger charge is -2.43. The van der Waals surface area contributed by atoms with Crippen LogP contribution in [-0.4, -0.2) is 80.1 Å². The van der Waals surface area contributed by atoms with Crippen molar-refractivity contribution in [2.75, 3.05) is 31.6 Å². The number of alkyl halides is 4. The fraction of sp³-hybridized carbons (Fsp3) is 0.368. The Balaban J connectivity index is 1.13. The zero-order chi connectivity index (χ0) is 38.5.